The molecule has 0 radical (unpaired) electrons. The van der Waals surface area contributed by atoms with Gasteiger partial charge in [-0.25, -0.2) is 19.3 Å². The maximum atomic E-state index is 12.9. The predicted octanol–water partition coefficient (Wildman–Crippen LogP) is 3.41. The zero-order valence-electron chi connectivity index (χ0n) is 23.3. The number of carbonyl (C=O) groups excluding carboxylic acids is 1. The van der Waals surface area contributed by atoms with E-state index in [4.69, 9.17) is 4.74 Å². The number of aliphatic hydroxyl groups is 1. The molecule has 12 heteroatoms. The fraction of sp³-hybridized carbons (Fsp3) is 0.483. The van der Waals surface area contributed by atoms with Gasteiger partial charge in [0.2, 0.25) is 5.13 Å². The van der Waals surface area contributed by atoms with Crippen molar-refractivity contribution in [1.82, 2.24) is 34.2 Å². The summed E-state index contributed by atoms with van der Waals surface area (Å²) in [5, 5.41) is 19.8. The van der Waals surface area contributed by atoms with Crippen molar-refractivity contribution in [3.63, 3.8) is 0 Å². The second kappa shape index (κ2) is 9.95. The van der Waals surface area contributed by atoms with Gasteiger partial charge in [-0.05, 0) is 56.7 Å². The molecule has 3 aromatic heterocycles. The van der Waals surface area contributed by atoms with Gasteiger partial charge in [-0.1, -0.05) is 30.3 Å². The molecule has 1 aromatic carbocycles. The second-order valence-corrected chi connectivity index (χ2v) is 12.5. The zero-order valence-corrected chi connectivity index (χ0v) is 24.1. The third kappa shape index (κ3) is 4.99. The lowest BCUT2D eigenvalue weighted by Crippen LogP contribution is -2.52. The number of pyridine rings is 1. The van der Waals surface area contributed by atoms with Crippen LogP contribution in [0.4, 0.5) is 9.93 Å². The molecule has 11 nitrogen and oxygen atoms in total. The molecule has 2 aliphatic heterocycles. The normalized spacial score (nSPS) is 20.0. The van der Waals surface area contributed by atoms with E-state index >= 15 is 0 Å². The molecule has 1 atom stereocenters. The van der Waals surface area contributed by atoms with Gasteiger partial charge in [-0.15, -0.1) is 5.10 Å². The topological polar surface area (TPSA) is 121 Å². The lowest BCUT2D eigenvalue weighted by atomic mass is 9.88. The molecule has 41 heavy (non-hydrogen) atoms. The molecule has 0 bridgehead atoms. The molecule has 1 spiro atoms. The second-order valence-electron chi connectivity index (χ2n) is 11.8. The molecule has 4 aromatic rings. The Bertz CT molecular complexity index is 1580. The molecular weight excluding hydrogens is 540 g/mol. The van der Waals surface area contributed by atoms with E-state index in [0.717, 1.165) is 61.0 Å². The number of anilines is 1. The Morgan fingerprint density at radius 3 is 2.61 bits per heavy atom. The maximum absolute atomic E-state index is 12.9. The van der Waals surface area contributed by atoms with Crippen LogP contribution in [0.1, 0.15) is 54.6 Å². The minimum absolute atomic E-state index is 0.0786. The SMILES string of the molecule is Cc1nsc(N2CCC3(CC2)CN(CC(O)c2nc4c(C)cc(OCC5(c6ccccc6)CC5)cn4n2)C(=O)N3)n1. The third-order valence-corrected chi connectivity index (χ3v) is 9.58. The van der Waals surface area contributed by atoms with Crippen molar-refractivity contribution < 1.29 is 14.6 Å². The highest BCUT2D eigenvalue weighted by molar-refractivity contribution is 7.09. The van der Waals surface area contributed by atoms with Crippen LogP contribution in [0.2, 0.25) is 0 Å². The summed E-state index contributed by atoms with van der Waals surface area (Å²) >= 11 is 1.41. The Kier molecular flexibility index (Phi) is 6.35. The fourth-order valence-electron chi connectivity index (χ4n) is 6.08. The molecule has 5 heterocycles. The van der Waals surface area contributed by atoms with Gasteiger partial charge in [-0.3, -0.25) is 0 Å². The molecule has 7 rings (SSSR count). The summed E-state index contributed by atoms with van der Waals surface area (Å²) in [5.41, 5.74) is 2.66. The Labute approximate surface area is 242 Å². The van der Waals surface area contributed by atoms with Gasteiger partial charge in [0.05, 0.1) is 24.9 Å². The predicted molar refractivity (Wildman–Crippen MR) is 154 cm³/mol. The summed E-state index contributed by atoms with van der Waals surface area (Å²) in [5.74, 6) is 1.80. The Morgan fingerprint density at radius 2 is 1.90 bits per heavy atom. The van der Waals surface area contributed by atoms with E-state index < -0.39 is 6.10 Å². The molecule has 1 aliphatic carbocycles. The number of benzene rings is 1. The number of nitrogens with one attached hydrogen (secondary N) is 1. The molecular formula is C29H34N8O3S. The van der Waals surface area contributed by atoms with Gasteiger partial charge >= 0.3 is 6.03 Å². The number of piperidine rings is 1. The highest BCUT2D eigenvalue weighted by Gasteiger charge is 2.46. The molecule has 1 saturated carbocycles. The highest BCUT2D eigenvalue weighted by Crippen LogP contribution is 2.48. The van der Waals surface area contributed by atoms with Crippen molar-refractivity contribution in [2.45, 2.75) is 56.6 Å². The number of β-amino-alcohol motifs (C(OH)–C–C–N with tert-alkyl or cyclic N) is 1. The van der Waals surface area contributed by atoms with Gasteiger partial charge in [0.1, 0.15) is 17.7 Å². The number of nitrogens with zero attached hydrogens (tertiary/aromatic N) is 7. The largest absolute Gasteiger partial charge is 0.491 e. The van der Waals surface area contributed by atoms with E-state index in [0.29, 0.717) is 24.6 Å². The smallest absolute Gasteiger partial charge is 0.318 e. The maximum Gasteiger partial charge on any atom is 0.318 e. The van der Waals surface area contributed by atoms with Crippen LogP contribution in [-0.4, -0.2) is 78.3 Å². The first-order chi connectivity index (χ1) is 19.8. The van der Waals surface area contributed by atoms with E-state index in [9.17, 15) is 9.90 Å². The van der Waals surface area contributed by atoms with Crippen LogP contribution in [0.15, 0.2) is 42.6 Å². The fourth-order valence-corrected chi connectivity index (χ4v) is 6.80. The Balaban J connectivity index is 0.995. The van der Waals surface area contributed by atoms with Gasteiger partial charge in [-0.2, -0.15) is 4.37 Å². The van der Waals surface area contributed by atoms with Gasteiger partial charge < -0.3 is 25.0 Å². The van der Waals surface area contributed by atoms with Crippen LogP contribution in [-0.2, 0) is 5.41 Å². The Hall–Kier alpha value is -3.77. The number of carbonyl (C=O) groups is 1. The van der Waals surface area contributed by atoms with Crippen LogP contribution in [0.5, 0.6) is 5.75 Å². The summed E-state index contributed by atoms with van der Waals surface area (Å²) in [6, 6.07) is 12.3. The summed E-state index contributed by atoms with van der Waals surface area (Å²) in [7, 11) is 0. The first-order valence-electron chi connectivity index (χ1n) is 14.2. The van der Waals surface area contributed by atoms with E-state index in [2.05, 4.69) is 53.9 Å². The zero-order chi connectivity index (χ0) is 28.2. The number of rotatable bonds is 8. The number of fused-ring (bicyclic) bond motifs is 1. The number of hydrogen-bond acceptors (Lipinski definition) is 9. The lowest BCUT2D eigenvalue weighted by molar-refractivity contribution is 0.121. The van der Waals surface area contributed by atoms with Crippen LogP contribution in [0, 0.1) is 13.8 Å². The number of aliphatic hydroxyl groups excluding tert-OH is 1. The number of amides is 2. The number of hydrogen-bond donors (Lipinski definition) is 2. The molecule has 2 saturated heterocycles. The highest BCUT2D eigenvalue weighted by atomic mass is 32.1. The molecule has 2 amide bonds. The van der Waals surface area contributed by atoms with Gasteiger partial charge in [0, 0.05) is 36.6 Å². The minimum Gasteiger partial charge on any atom is -0.491 e. The number of aromatic nitrogens is 5. The standard InChI is InChI=1S/C29H34N8O3S/c1-19-14-22(40-18-28(8-9-28)21-6-4-3-5-7-21)15-37-25(19)31-24(33-37)23(38)16-36-17-29(32-26(36)39)10-12-35(13-11-29)27-30-20(2)34-41-27/h3-7,14-15,23,38H,8-13,16-18H2,1-2H3,(H,32,39). The van der Waals surface area contributed by atoms with Crippen molar-refractivity contribution in [3.05, 3.63) is 65.4 Å². The van der Waals surface area contributed by atoms with Crippen molar-refractivity contribution >= 4 is 28.3 Å². The number of urea groups is 1. The summed E-state index contributed by atoms with van der Waals surface area (Å²) < 4.78 is 12.2. The summed E-state index contributed by atoms with van der Waals surface area (Å²) in [6.07, 6.45) is 4.66. The third-order valence-electron chi connectivity index (χ3n) is 8.72. The first kappa shape index (κ1) is 26.1. The van der Waals surface area contributed by atoms with Crippen molar-refractivity contribution in [3.8, 4) is 5.75 Å². The van der Waals surface area contributed by atoms with Crippen LogP contribution in [0.3, 0.4) is 0 Å². The van der Waals surface area contributed by atoms with Crippen LogP contribution in [0.25, 0.3) is 5.65 Å². The lowest BCUT2D eigenvalue weighted by Gasteiger charge is -2.38. The quantitative estimate of drug-likeness (QED) is 0.329. The molecule has 2 N–H and O–H groups in total. The average molecular weight is 575 g/mol. The van der Waals surface area contributed by atoms with Crippen LogP contribution >= 0.6 is 11.5 Å². The molecule has 3 fully saturated rings. The van der Waals surface area contributed by atoms with E-state index in [1.807, 2.05) is 32.2 Å². The monoisotopic (exact) mass is 574 g/mol. The first-order valence-corrected chi connectivity index (χ1v) is 14.9. The minimum atomic E-state index is -1.00. The van der Waals surface area contributed by atoms with Gasteiger partial charge in [0.25, 0.3) is 0 Å². The van der Waals surface area contributed by atoms with Crippen molar-refractivity contribution in [2.75, 3.05) is 37.7 Å². The van der Waals surface area contributed by atoms with E-state index in [-0.39, 0.29) is 23.5 Å². The average Bonchev–Trinajstić information content (AvgIpc) is 3.26. The van der Waals surface area contributed by atoms with E-state index in [1.54, 1.807) is 9.42 Å². The summed E-state index contributed by atoms with van der Waals surface area (Å²) in [4.78, 5) is 25.9. The van der Waals surface area contributed by atoms with Crippen molar-refractivity contribution in [1.29, 1.82) is 0 Å². The van der Waals surface area contributed by atoms with Crippen molar-refractivity contribution in [2.24, 2.45) is 0 Å². The molecule has 3 aliphatic rings. The summed E-state index contributed by atoms with van der Waals surface area (Å²) in [6.45, 7) is 6.74. The number of ether oxygens (including phenoxy) is 1. The van der Waals surface area contributed by atoms with E-state index in [1.165, 1.54) is 17.1 Å². The Morgan fingerprint density at radius 1 is 1.12 bits per heavy atom. The van der Waals surface area contributed by atoms with Gasteiger partial charge in [0.15, 0.2) is 11.5 Å². The molecule has 214 valence electrons. The number of aryl methyl sites for hydroxylation is 2. The molecule has 1 unspecified atom stereocenters. The van der Waals surface area contributed by atoms with Crippen LogP contribution < -0.4 is 15.0 Å².